The lowest BCUT2D eigenvalue weighted by Crippen LogP contribution is -2.29. The summed E-state index contributed by atoms with van der Waals surface area (Å²) in [5.74, 6) is -1.70. The Hall–Kier alpha value is -2.69. The Morgan fingerprint density at radius 2 is 2.11 bits per heavy atom. The molecule has 1 aromatic carbocycles. The maximum Gasteiger partial charge on any atom is 0.337 e. The van der Waals surface area contributed by atoms with E-state index in [0.29, 0.717) is 32.5 Å². The van der Waals surface area contributed by atoms with E-state index in [4.69, 9.17) is 22.1 Å². The van der Waals surface area contributed by atoms with Crippen LogP contribution in [-0.4, -0.2) is 24.2 Å². The second-order valence-corrected chi connectivity index (χ2v) is 7.07. The molecule has 1 heterocycles. The van der Waals surface area contributed by atoms with E-state index in [1.165, 1.54) is 6.08 Å². The van der Waals surface area contributed by atoms with Gasteiger partial charge in [0.1, 0.15) is 6.61 Å². The highest BCUT2D eigenvalue weighted by Crippen LogP contribution is 2.41. The number of esters is 1. The first-order chi connectivity index (χ1) is 12.9. The van der Waals surface area contributed by atoms with Gasteiger partial charge in [0.2, 0.25) is 5.91 Å². The van der Waals surface area contributed by atoms with Gasteiger partial charge in [0.05, 0.1) is 33.9 Å². The van der Waals surface area contributed by atoms with Gasteiger partial charge in [0.25, 0.3) is 0 Å². The number of amides is 1. The molecule has 0 aliphatic carbocycles. The molecule has 1 amide bonds. The van der Waals surface area contributed by atoms with Crippen LogP contribution in [0.5, 0.6) is 0 Å². The molecule has 0 saturated carbocycles. The van der Waals surface area contributed by atoms with Crippen molar-refractivity contribution in [2.24, 2.45) is 5.73 Å². The van der Waals surface area contributed by atoms with Gasteiger partial charge in [-0.1, -0.05) is 48.2 Å². The molecule has 3 N–H and O–H groups in total. The number of nitrogens with one attached hydrogen (secondary N) is 1. The number of carbonyl (C=O) groups excluding carboxylic acids is 2. The highest BCUT2D eigenvalue weighted by atomic mass is 35.5. The van der Waals surface area contributed by atoms with E-state index >= 15 is 0 Å². The molecular weight excluding hydrogens is 386 g/mol. The number of thioether (sulfide) groups is 1. The maximum absolute atomic E-state index is 12.6. The Morgan fingerprint density at radius 3 is 2.67 bits per heavy atom. The zero-order valence-electron chi connectivity index (χ0n) is 14.6. The van der Waals surface area contributed by atoms with Crippen LogP contribution in [0.15, 0.2) is 58.8 Å². The molecular formula is C19H18ClN3O3S. The number of rotatable bonds is 7. The highest BCUT2D eigenvalue weighted by molar-refractivity contribution is 8.03. The number of carbonyl (C=O) groups is 2. The van der Waals surface area contributed by atoms with Crippen LogP contribution >= 0.6 is 23.4 Å². The van der Waals surface area contributed by atoms with Gasteiger partial charge in [-0.25, -0.2) is 4.79 Å². The highest BCUT2D eigenvalue weighted by Gasteiger charge is 2.35. The van der Waals surface area contributed by atoms with Gasteiger partial charge in [-0.2, -0.15) is 5.26 Å². The fraction of sp³-hybridized carbons (Fsp3) is 0.211. The number of hydrogen-bond donors (Lipinski definition) is 2. The van der Waals surface area contributed by atoms with Crippen molar-refractivity contribution in [2.75, 3.05) is 12.4 Å². The molecule has 1 aromatic rings. The minimum absolute atomic E-state index is 0.00434. The van der Waals surface area contributed by atoms with Crippen LogP contribution in [0, 0.1) is 11.3 Å². The van der Waals surface area contributed by atoms with Crippen molar-refractivity contribution >= 4 is 35.2 Å². The number of hydrogen-bond acceptors (Lipinski definition) is 6. The third kappa shape index (κ3) is 4.94. The van der Waals surface area contributed by atoms with E-state index in [2.05, 4.69) is 18.0 Å². The fourth-order valence-electron chi connectivity index (χ4n) is 2.64. The van der Waals surface area contributed by atoms with Crippen molar-refractivity contribution in [3.05, 3.63) is 69.4 Å². The lowest BCUT2D eigenvalue weighted by atomic mass is 9.82. The van der Waals surface area contributed by atoms with Crippen LogP contribution in [0.3, 0.4) is 0 Å². The van der Waals surface area contributed by atoms with E-state index in [9.17, 15) is 14.9 Å². The lowest BCUT2D eigenvalue weighted by Gasteiger charge is -2.29. The standard InChI is InChI=1S/C19H18ClN3O3S/c1-3-8-26-19(25)16-11(2)23-18(27-10-15(22)24)14(9-21)17(16)12-4-6-13(20)7-5-12/h3-7,17,23H,1,8,10H2,2H3,(H2,22,24)/t17-/m1/s1. The molecule has 1 atom stereocenters. The summed E-state index contributed by atoms with van der Waals surface area (Å²) in [6, 6.07) is 9.03. The smallest absolute Gasteiger partial charge is 0.337 e. The average Bonchev–Trinajstić information content (AvgIpc) is 2.64. The minimum atomic E-state index is -0.652. The molecule has 27 heavy (non-hydrogen) atoms. The number of nitriles is 1. The Kier molecular flexibility index (Phi) is 7.11. The third-order valence-corrected chi connectivity index (χ3v) is 5.05. The summed E-state index contributed by atoms with van der Waals surface area (Å²) < 4.78 is 5.21. The number of allylic oxidation sites excluding steroid dienone is 2. The Labute approximate surface area is 166 Å². The monoisotopic (exact) mass is 403 g/mol. The van der Waals surface area contributed by atoms with Crippen LogP contribution in [0.1, 0.15) is 18.4 Å². The van der Waals surface area contributed by atoms with Crippen LogP contribution in [0.2, 0.25) is 5.02 Å². The van der Waals surface area contributed by atoms with Crippen LogP contribution < -0.4 is 11.1 Å². The first-order valence-corrected chi connectivity index (χ1v) is 9.32. The zero-order valence-corrected chi connectivity index (χ0v) is 16.2. The van der Waals surface area contributed by atoms with Gasteiger partial charge in [-0.3, -0.25) is 4.79 Å². The zero-order chi connectivity index (χ0) is 20.0. The topological polar surface area (TPSA) is 105 Å². The number of benzene rings is 1. The first kappa shape index (κ1) is 20.6. The summed E-state index contributed by atoms with van der Waals surface area (Å²) in [6.45, 7) is 5.30. The number of ether oxygens (including phenoxy) is 1. The van der Waals surface area contributed by atoms with E-state index < -0.39 is 17.8 Å². The molecule has 2 rings (SSSR count). The molecule has 0 saturated heterocycles. The summed E-state index contributed by atoms with van der Waals surface area (Å²) in [5, 5.41) is 13.8. The quantitative estimate of drug-likeness (QED) is 0.535. The predicted molar refractivity (Wildman–Crippen MR) is 105 cm³/mol. The normalized spacial score (nSPS) is 16.4. The summed E-state index contributed by atoms with van der Waals surface area (Å²) in [7, 11) is 0. The second kappa shape index (κ2) is 9.31. The molecule has 140 valence electrons. The number of halogens is 1. The number of primary amides is 1. The minimum Gasteiger partial charge on any atom is -0.458 e. The van der Waals surface area contributed by atoms with E-state index in [1.807, 2.05) is 0 Å². The molecule has 0 radical (unpaired) electrons. The van der Waals surface area contributed by atoms with Crippen molar-refractivity contribution < 1.29 is 14.3 Å². The predicted octanol–water partition coefficient (Wildman–Crippen LogP) is 2.98. The summed E-state index contributed by atoms with van der Waals surface area (Å²) in [5.41, 5.74) is 7.09. The van der Waals surface area contributed by atoms with Gasteiger partial charge in [0, 0.05) is 10.7 Å². The van der Waals surface area contributed by atoms with Crippen LogP contribution in [-0.2, 0) is 14.3 Å². The Bertz CT molecular complexity index is 869. The first-order valence-electron chi connectivity index (χ1n) is 7.95. The van der Waals surface area contributed by atoms with E-state index in [0.717, 1.165) is 11.8 Å². The third-order valence-electron chi connectivity index (χ3n) is 3.76. The summed E-state index contributed by atoms with van der Waals surface area (Å²) >= 11 is 7.09. The number of nitrogens with zero attached hydrogens (tertiary/aromatic N) is 1. The Morgan fingerprint density at radius 1 is 1.44 bits per heavy atom. The second-order valence-electron chi connectivity index (χ2n) is 5.64. The van der Waals surface area contributed by atoms with Gasteiger partial charge >= 0.3 is 5.97 Å². The van der Waals surface area contributed by atoms with Crippen molar-refractivity contribution in [3.63, 3.8) is 0 Å². The van der Waals surface area contributed by atoms with Crippen molar-refractivity contribution in [3.8, 4) is 6.07 Å². The molecule has 0 unspecified atom stereocenters. The largest absolute Gasteiger partial charge is 0.458 e. The van der Waals surface area contributed by atoms with Gasteiger partial charge < -0.3 is 15.8 Å². The van der Waals surface area contributed by atoms with Crippen molar-refractivity contribution in [1.82, 2.24) is 5.32 Å². The number of dihydropyridines is 1. The molecule has 8 heteroatoms. The van der Waals surface area contributed by atoms with Crippen molar-refractivity contribution in [1.29, 1.82) is 5.26 Å². The SMILES string of the molecule is C=CCOC(=O)C1=C(C)NC(SCC(N)=O)=C(C#N)[C@H]1c1ccc(Cl)cc1. The van der Waals surface area contributed by atoms with Crippen LogP contribution in [0.4, 0.5) is 0 Å². The lowest BCUT2D eigenvalue weighted by molar-refractivity contribution is -0.138. The average molecular weight is 404 g/mol. The fourth-order valence-corrected chi connectivity index (χ4v) is 3.60. The van der Waals surface area contributed by atoms with Gasteiger partial charge in [0.15, 0.2) is 0 Å². The maximum atomic E-state index is 12.6. The molecule has 0 spiro atoms. The summed E-state index contributed by atoms with van der Waals surface area (Å²) in [6.07, 6.45) is 1.47. The molecule has 1 aliphatic heterocycles. The molecule has 6 nitrogen and oxygen atoms in total. The van der Waals surface area contributed by atoms with E-state index in [1.54, 1.807) is 31.2 Å². The van der Waals surface area contributed by atoms with Crippen molar-refractivity contribution in [2.45, 2.75) is 12.8 Å². The molecule has 0 aromatic heterocycles. The Balaban J connectivity index is 2.55. The van der Waals surface area contributed by atoms with Gasteiger partial charge in [-0.05, 0) is 24.6 Å². The van der Waals surface area contributed by atoms with Crippen LogP contribution in [0.25, 0.3) is 0 Å². The molecule has 1 aliphatic rings. The van der Waals surface area contributed by atoms with Gasteiger partial charge in [-0.15, -0.1) is 0 Å². The summed E-state index contributed by atoms with van der Waals surface area (Å²) in [4.78, 5) is 23.8. The number of nitrogens with two attached hydrogens (primary N) is 1. The molecule has 0 bridgehead atoms. The molecule has 0 fully saturated rings. The van der Waals surface area contributed by atoms with E-state index in [-0.39, 0.29) is 12.4 Å².